The first kappa shape index (κ1) is 18.4. The molecular formula is C17H23N3O3S. The number of nitro benzene ring substituents is 1. The SMILES string of the molecule is CCC(CC)CN1C(=O)C(C)SC1=Nc1ccc([N+](=O)[O-])cc1C. The fraction of sp³-hybridized carbons (Fsp3) is 0.529. The lowest BCUT2D eigenvalue weighted by Gasteiger charge is -2.22. The van der Waals surface area contributed by atoms with Crippen LogP contribution in [0.2, 0.25) is 0 Å². The van der Waals surface area contributed by atoms with Crippen LogP contribution in [0.4, 0.5) is 11.4 Å². The van der Waals surface area contributed by atoms with E-state index in [1.165, 1.54) is 23.9 Å². The van der Waals surface area contributed by atoms with Crippen LogP contribution >= 0.6 is 11.8 Å². The lowest BCUT2D eigenvalue weighted by atomic mass is 10.0. The second-order valence-electron chi connectivity index (χ2n) is 6.01. The van der Waals surface area contributed by atoms with Crippen molar-refractivity contribution in [2.24, 2.45) is 10.9 Å². The Hall–Kier alpha value is -1.89. The molecule has 0 spiro atoms. The predicted molar refractivity (Wildman–Crippen MR) is 97.8 cm³/mol. The van der Waals surface area contributed by atoms with Gasteiger partial charge in [0.25, 0.3) is 5.69 Å². The number of rotatable bonds is 6. The summed E-state index contributed by atoms with van der Waals surface area (Å²) in [6, 6.07) is 4.60. The zero-order valence-electron chi connectivity index (χ0n) is 14.5. The van der Waals surface area contributed by atoms with Gasteiger partial charge in [0, 0.05) is 18.7 Å². The molecule has 7 heteroatoms. The van der Waals surface area contributed by atoms with Crippen LogP contribution in [0.25, 0.3) is 0 Å². The fourth-order valence-electron chi connectivity index (χ4n) is 2.63. The Morgan fingerprint density at radius 1 is 1.38 bits per heavy atom. The molecule has 0 radical (unpaired) electrons. The summed E-state index contributed by atoms with van der Waals surface area (Å²) in [6.45, 7) is 8.61. The van der Waals surface area contributed by atoms with Crippen LogP contribution in [0.5, 0.6) is 0 Å². The molecule has 0 saturated carbocycles. The average Bonchev–Trinajstić information content (AvgIpc) is 2.81. The number of carbonyl (C=O) groups is 1. The monoisotopic (exact) mass is 349 g/mol. The van der Waals surface area contributed by atoms with Crippen LogP contribution in [0, 0.1) is 23.0 Å². The molecule has 1 aliphatic heterocycles. The van der Waals surface area contributed by atoms with Crippen molar-refractivity contribution >= 4 is 34.2 Å². The van der Waals surface area contributed by atoms with Crippen LogP contribution < -0.4 is 0 Å². The number of non-ortho nitro benzene ring substituents is 1. The number of nitrogens with zero attached hydrogens (tertiary/aromatic N) is 3. The molecular weight excluding hydrogens is 326 g/mol. The van der Waals surface area contributed by atoms with Gasteiger partial charge in [-0.3, -0.25) is 19.8 Å². The second kappa shape index (κ2) is 7.79. The molecule has 1 atom stereocenters. The van der Waals surface area contributed by atoms with Crippen LogP contribution in [0.1, 0.15) is 39.2 Å². The quantitative estimate of drug-likeness (QED) is 0.567. The average molecular weight is 349 g/mol. The summed E-state index contributed by atoms with van der Waals surface area (Å²) < 4.78 is 0. The summed E-state index contributed by atoms with van der Waals surface area (Å²) in [5.74, 6) is 0.535. The fourth-order valence-corrected chi connectivity index (χ4v) is 3.61. The van der Waals surface area contributed by atoms with Crippen molar-refractivity contribution < 1.29 is 9.72 Å². The molecule has 0 aromatic heterocycles. The third-order valence-corrected chi connectivity index (χ3v) is 5.41. The van der Waals surface area contributed by atoms with Crippen LogP contribution in [0.15, 0.2) is 23.2 Å². The van der Waals surface area contributed by atoms with Gasteiger partial charge in [-0.1, -0.05) is 38.5 Å². The molecule has 1 heterocycles. The van der Waals surface area contributed by atoms with E-state index >= 15 is 0 Å². The van der Waals surface area contributed by atoms with E-state index in [4.69, 9.17) is 0 Å². The van der Waals surface area contributed by atoms with Gasteiger partial charge in [-0.05, 0) is 31.4 Å². The van der Waals surface area contributed by atoms with E-state index in [1.807, 2.05) is 6.92 Å². The molecule has 1 saturated heterocycles. The van der Waals surface area contributed by atoms with E-state index < -0.39 is 4.92 Å². The number of carbonyl (C=O) groups excluding carboxylic acids is 1. The number of benzene rings is 1. The van der Waals surface area contributed by atoms with Crippen molar-refractivity contribution in [2.45, 2.75) is 45.8 Å². The van der Waals surface area contributed by atoms with Gasteiger partial charge < -0.3 is 0 Å². The summed E-state index contributed by atoms with van der Waals surface area (Å²) in [6.07, 6.45) is 2.03. The minimum Gasteiger partial charge on any atom is -0.290 e. The molecule has 0 N–H and O–H groups in total. The number of nitro groups is 1. The van der Waals surface area contributed by atoms with E-state index in [-0.39, 0.29) is 16.8 Å². The Morgan fingerprint density at radius 2 is 2.04 bits per heavy atom. The Labute approximate surface area is 146 Å². The molecule has 0 aliphatic carbocycles. The second-order valence-corrected chi connectivity index (χ2v) is 7.32. The van der Waals surface area contributed by atoms with E-state index in [0.29, 0.717) is 23.3 Å². The predicted octanol–water partition coefficient (Wildman–Crippen LogP) is 4.29. The van der Waals surface area contributed by atoms with Gasteiger partial charge in [0.2, 0.25) is 5.91 Å². The largest absolute Gasteiger partial charge is 0.290 e. The number of amides is 1. The van der Waals surface area contributed by atoms with Crippen molar-refractivity contribution in [3.8, 4) is 0 Å². The summed E-state index contributed by atoms with van der Waals surface area (Å²) in [5.41, 5.74) is 1.44. The summed E-state index contributed by atoms with van der Waals surface area (Å²) in [7, 11) is 0. The Balaban J connectivity index is 2.32. The number of thioether (sulfide) groups is 1. The lowest BCUT2D eigenvalue weighted by Crippen LogP contribution is -2.35. The molecule has 2 rings (SSSR count). The van der Waals surface area contributed by atoms with Crippen molar-refractivity contribution in [3.05, 3.63) is 33.9 Å². The molecule has 1 unspecified atom stereocenters. The minimum absolute atomic E-state index is 0.0499. The first-order valence-corrected chi connectivity index (χ1v) is 9.07. The molecule has 6 nitrogen and oxygen atoms in total. The standard InChI is InChI=1S/C17H23N3O3S/c1-5-13(6-2)10-19-16(21)12(4)24-17(19)18-15-8-7-14(20(22)23)9-11(15)3/h7-9,12-13H,5-6,10H2,1-4H3. The van der Waals surface area contributed by atoms with Crippen molar-refractivity contribution in [1.29, 1.82) is 0 Å². The summed E-state index contributed by atoms with van der Waals surface area (Å²) >= 11 is 1.45. The van der Waals surface area contributed by atoms with Crippen molar-refractivity contribution in [2.75, 3.05) is 6.54 Å². The molecule has 1 aliphatic rings. The van der Waals surface area contributed by atoms with Gasteiger partial charge in [0.1, 0.15) is 0 Å². The van der Waals surface area contributed by atoms with Gasteiger partial charge in [0.05, 0.1) is 15.9 Å². The third kappa shape index (κ3) is 3.95. The molecule has 1 amide bonds. The highest BCUT2D eigenvalue weighted by Gasteiger charge is 2.35. The van der Waals surface area contributed by atoms with Crippen molar-refractivity contribution in [3.63, 3.8) is 0 Å². The molecule has 0 bridgehead atoms. The van der Waals surface area contributed by atoms with E-state index in [9.17, 15) is 14.9 Å². The van der Waals surface area contributed by atoms with E-state index in [1.54, 1.807) is 17.9 Å². The Kier molecular flexibility index (Phi) is 5.99. The highest BCUT2D eigenvalue weighted by atomic mass is 32.2. The zero-order chi connectivity index (χ0) is 17.9. The van der Waals surface area contributed by atoms with Gasteiger partial charge in [-0.15, -0.1) is 0 Å². The third-order valence-electron chi connectivity index (χ3n) is 4.33. The molecule has 130 valence electrons. The highest BCUT2D eigenvalue weighted by molar-refractivity contribution is 8.15. The van der Waals surface area contributed by atoms with Crippen LogP contribution in [-0.2, 0) is 4.79 Å². The lowest BCUT2D eigenvalue weighted by molar-refractivity contribution is -0.384. The molecule has 24 heavy (non-hydrogen) atoms. The zero-order valence-corrected chi connectivity index (χ0v) is 15.3. The number of hydrogen-bond donors (Lipinski definition) is 0. The van der Waals surface area contributed by atoms with Crippen LogP contribution in [-0.4, -0.2) is 32.7 Å². The van der Waals surface area contributed by atoms with Gasteiger partial charge in [-0.25, -0.2) is 4.99 Å². The first-order valence-electron chi connectivity index (χ1n) is 8.19. The number of hydrogen-bond acceptors (Lipinski definition) is 5. The Morgan fingerprint density at radius 3 is 2.58 bits per heavy atom. The van der Waals surface area contributed by atoms with E-state index in [2.05, 4.69) is 18.8 Å². The van der Waals surface area contributed by atoms with Crippen molar-refractivity contribution in [1.82, 2.24) is 4.90 Å². The number of amidine groups is 1. The van der Waals surface area contributed by atoms with Gasteiger partial charge in [0.15, 0.2) is 5.17 Å². The highest BCUT2D eigenvalue weighted by Crippen LogP contribution is 2.32. The Bertz CT molecular complexity index is 671. The minimum atomic E-state index is -0.417. The molecule has 1 aromatic rings. The summed E-state index contributed by atoms with van der Waals surface area (Å²) in [5, 5.41) is 11.4. The molecule has 1 aromatic carbocycles. The maximum atomic E-state index is 12.4. The molecule has 1 fully saturated rings. The normalized spacial score (nSPS) is 19.5. The number of aryl methyl sites for hydroxylation is 1. The number of aliphatic imine (C=N–C) groups is 1. The van der Waals surface area contributed by atoms with E-state index in [0.717, 1.165) is 18.4 Å². The van der Waals surface area contributed by atoms with Gasteiger partial charge in [-0.2, -0.15) is 0 Å². The topological polar surface area (TPSA) is 75.8 Å². The van der Waals surface area contributed by atoms with Crippen LogP contribution in [0.3, 0.4) is 0 Å². The maximum absolute atomic E-state index is 12.4. The van der Waals surface area contributed by atoms with Gasteiger partial charge >= 0.3 is 0 Å². The maximum Gasteiger partial charge on any atom is 0.269 e. The summed E-state index contributed by atoms with van der Waals surface area (Å²) in [4.78, 5) is 29.3. The first-order chi connectivity index (χ1) is 11.4. The smallest absolute Gasteiger partial charge is 0.269 e.